The summed E-state index contributed by atoms with van der Waals surface area (Å²) < 4.78 is 5.42. The van der Waals surface area contributed by atoms with Crippen LogP contribution in [0.25, 0.3) is 0 Å². The zero-order chi connectivity index (χ0) is 11.6. The number of hydrogen-bond acceptors (Lipinski definition) is 4. The van der Waals surface area contributed by atoms with Crippen molar-refractivity contribution in [2.24, 2.45) is 0 Å². The fourth-order valence-electron chi connectivity index (χ4n) is 1.01. The molecule has 1 heterocycles. The first-order valence-electron chi connectivity index (χ1n) is 4.48. The molecule has 0 unspecified atom stereocenters. The summed E-state index contributed by atoms with van der Waals surface area (Å²) in [5.41, 5.74) is 5.22. The van der Waals surface area contributed by atoms with Crippen molar-refractivity contribution in [1.29, 1.82) is 0 Å². The number of carboxylic acid groups (broad SMARTS) is 1. The summed E-state index contributed by atoms with van der Waals surface area (Å²) in [6.07, 6.45) is 1.36. The van der Waals surface area contributed by atoms with Crippen LogP contribution in [0.4, 0.5) is 5.69 Å². The number of nitrogens with zero attached hydrogens (tertiary/aromatic N) is 1. The Balaban J connectivity index is 3.10. The van der Waals surface area contributed by atoms with Crippen LogP contribution in [0.2, 0.25) is 0 Å². The Kier molecular flexibility index (Phi) is 2.83. The maximum atomic E-state index is 10.8. The summed E-state index contributed by atoms with van der Waals surface area (Å²) in [6, 6.07) is 1.34. The lowest BCUT2D eigenvalue weighted by Crippen LogP contribution is -2.24. The van der Waals surface area contributed by atoms with Gasteiger partial charge in [-0.3, -0.25) is 0 Å². The predicted octanol–water partition coefficient (Wildman–Crippen LogP) is 1.54. The molecule has 0 saturated heterocycles. The van der Waals surface area contributed by atoms with Crippen molar-refractivity contribution >= 4 is 11.7 Å². The Morgan fingerprint density at radius 2 is 2.13 bits per heavy atom. The first-order chi connectivity index (χ1) is 6.81. The minimum atomic E-state index is -1.09. The molecule has 1 rings (SSSR count). The van der Waals surface area contributed by atoms with E-state index in [0.29, 0.717) is 0 Å². The first-order valence-corrected chi connectivity index (χ1v) is 4.48. The third kappa shape index (κ3) is 2.83. The van der Waals surface area contributed by atoms with Gasteiger partial charge in [-0.2, -0.15) is 0 Å². The summed E-state index contributed by atoms with van der Waals surface area (Å²) in [4.78, 5) is 14.7. The van der Waals surface area contributed by atoms with E-state index >= 15 is 0 Å². The predicted molar refractivity (Wildman–Crippen MR) is 56.0 cm³/mol. The Morgan fingerprint density at radius 3 is 2.60 bits per heavy atom. The van der Waals surface area contributed by atoms with E-state index in [-0.39, 0.29) is 17.1 Å². The van der Waals surface area contributed by atoms with Gasteiger partial charge in [0.05, 0.1) is 5.56 Å². The summed E-state index contributed by atoms with van der Waals surface area (Å²) in [7, 11) is 0. The average molecular weight is 210 g/mol. The van der Waals surface area contributed by atoms with Gasteiger partial charge in [0.25, 0.3) is 0 Å². The fourth-order valence-corrected chi connectivity index (χ4v) is 1.01. The normalized spacial score (nSPS) is 11.1. The van der Waals surface area contributed by atoms with E-state index < -0.39 is 11.6 Å². The molecule has 0 spiro atoms. The van der Waals surface area contributed by atoms with Crippen LogP contribution in [0.3, 0.4) is 0 Å². The highest BCUT2D eigenvalue weighted by molar-refractivity contribution is 5.94. The topological polar surface area (TPSA) is 85.4 Å². The van der Waals surface area contributed by atoms with E-state index in [4.69, 9.17) is 15.6 Å². The molecule has 0 aromatic carbocycles. The smallest absolute Gasteiger partial charge is 0.338 e. The van der Waals surface area contributed by atoms with Gasteiger partial charge >= 0.3 is 5.97 Å². The number of nitrogens with two attached hydrogens (primary N) is 1. The molecule has 0 radical (unpaired) electrons. The Hall–Kier alpha value is -1.78. The number of pyridine rings is 1. The minimum Gasteiger partial charge on any atom is -0.478 e. The fraction of sp³-hybridized carbons (Fsp3) is 0.400. The van der Waals surface area contributed by atoms with Crippen LogP contribution in [0.15, 0.2) is 12.3 Å². The molecule has 0 fully saturated rings. The van der Waals surface area contributed by atoms with E-state index in [1.807, 2.05) is 20.8 Å². The number of nitrogen functional groups attached to an aromatic ring is 1. The van der Waals surface area contributed by atoms with Crippen LogP contribution < -0.4 is 10.5 Å². The molecule has 3 N–H and O–H groups in total. The molecule has 5 nitrogen and oxygen atoms in total. The van der Waals surface area contributed by atoms with E-state index in [9.17, 15) is 4.79 Å². The van der Waals surface area contributed by atoms with E-state index in [2.05, 4.69) is 4.98 Å². The van der Waals surface area contributed by atoms with Crippen LogP contribution >= 0.6 is 0 Å². The number of ether oxygens (including phenoxy) is 1. The SMILES string of the molecule is CC(C)(C)Oc1nccc(C(=O)O)c1N. The molecule has 1 aromatic heterocycles. The number of carbonyl (C=O) groups is 1. The lowest BCUT2D eigenvalue weighted by molar-refractivity contribution is 0.0695. The largest absolute Gasteiger partial charge is 0.478 e. The Morgan fingerprint density at radius 1 is 1.53 bits per heavy atom. The molecular weight excluding hydrogens is 196 g/mol. The number of aromatic nitrogens is 1. The number of hydrogen-bond donors (Lipinski definition) is 2. The first kappa shape index (κ1) is 11.3. The average Bonchev–Trinajstić information content (AvgIpc) is 2.05. The summed E-state index contributed by atoms with van der Waals surface area (Å²) in [5.74, 6) is -0.934. The van der Waals surface area contributed by atoms with Gasteiger partial charge in [-0.1, -0.05) is 0 Å². The third-order valence-electron chi connectivity index (χ3n) is 1.59. The lowest BCUT2D eigenvalue weighted by atomic mass is 10.2. The molecule has 0 amide bonds. The van der Waals surface area contributed by atoms with Crippen LogP contribution in [0, 0.1) is 0 Å². The summed E-state index contributed by atoms with van der Waals surface area (Å²) in [6.45, 7) is 5.50. The number of rotatable bonds is 2. The van der Waals surface area contributed by atoms with Crippen molar-refractivity contribution in [3.8, 4) is 5.88 Å². The van der Waals surface area contributed by atoms with Gasteiger partial charge in [0.2, 0.25) is 5.88 Å². The second-order valence-electron chi connectivity index (χ2n) is 4.10. The van der Waals surface area contributed by atoms with Gasteiger partial charge in [-0.05, 0) is 26.8 Å². The van der Waals surface area contributed by atoms with E-state index in [0.717, 1.165) is 0 Å². The number of carboxylic acids is 1. The van der Waals surface area contributed by atoms with E-state index in [1.165, 1.54) is 12.3 Å². The van der Waals surface area contributed by atoms with Crippen LogP contribution in [0.5, 0.6) is 5.88 Å². The summed E-state index contributed by atoms with van der Waals surface area (Å²) in [5, 5.41) is 8.83. The molecular formula is C10H14N2O3. The Labute approximate surface area is 87.9 Å². The number of anilines is 1. The molecule has 0 atom stereocenters. The van der Waals surface area contributed by atoms with Crippen molar-refractivity contribution in [3.05, 3.63) is 17.8 Å². The maximum Gasteiger partial charge on any atom is 0.338 e. The van der Waals surface area contributed by atoms with Crippen LogP contribution in [-0.4, -0.2) is 21.7 Å². The van der Waals surface area contributed by atoms with E-state index in [1.54, 1.807) is 0 Å². The quantitative estimate of drug-likeness (QED) is 0.773. The zero-order valence-corrected chi connectivity index (χ0v) is 8.94. The molecule has 0 aliphatic heterocycles. The highest BCUT2D eigenvalue weighted by Gasteiger charge is 2.18. The lowest BCUT2D eigenvalue weighted by Gasteiger charge is -2.21. The molecule has 0 aliphatic rings. The number of aromatic carboxylic acids is 1. The van der Waals surface area contributed by atoms with Crippen molar-refractivity contribution < 1.29 is 14.6 Å². The highest BCUT2D eigenvalue weighted by Crippen LogP contribution is 2.25. The molecule has 0 saturated carbocycles. The maximum absolute atomic E-state index is 10.8. The summed E-state index contributed by atoms with van der Waals surface area (Å²) >= 11 is 0. The van der Waals surface area contributed by atoms with Gasteiger partial charge in [0.1, 0.15) is 11.3 Å². The third-order valence-corrected chi connectivity index (χ3v) is 1.59. The highest BCUT2D eigenvalue weighted by atomic mass is 16.5. The van der Waals surface area contributed by atoms with Crippen molar-refractivity contribution in [2.45, 2.75) is 26.4 Å². The van der Waals surface area contributed by atoms with Gasteiger partial charge in [-0.25, -0.2) is 9.78 Å². The zero-order valence-electron chi connectivity index (χ0n) is 8.94. The minimum absolute atomic E-state index is 0.00394. The van der Waals surface area contributed by atoms with Crippen molar-refractivity contribution in [3.63, 3.8) is 0 Å². The standard InChI is InChI=1S/C10H14N2O3/c1-10(2,3)15-8-7(11)6(9(13)14)4-5-12-8/h4-5H,11H2,1-3H3,(H,13,14). The molecule has 0 aliphatic carbocycles. The van der Waals surface area contributed by atoms with Gasteiger partial charge in [-0.15, -0.1) is 0 Å². The Bertz CT molecular complexity index is 383. The van der Waals surface area contributed by atoms with Crippen molar-refractivity contribution in [1.82, 2.24) is 4.98 Å². The van der Waals surface area contributed by atoms with Gasteiger partial charge < -0.3 is 15.6 Å². The van der Waals surface area contributed by atoms with Crippen LogP contribution in [-0.2, 0) is 0 Å². The van der Waals surface area contributed by atoms with Crippen LogP contribution in [0.1, 0.15) is 31.1 Å². The molecule has 82 valence electrons. The molecule has 1 aromatic rings. The second-order valence-corrected chi connectivity index (χ2v) is 4.10. The van der Waals surface area contributed by atoms with Crippen molar-refractivity contribution in [2.75, 3.05) is 5.73 Å². The monoisotopic (exact) mass is 210 g/mol. The van der Waals surface area contributed by atoms with Gasteiger partial charge in [0.15, 0.2) is 0 Å². The molecule has 5 heteroatoms. The molecule has 15 heavy (non-hydrogen) atoms. The molecule has 0 bridgehead atoms. The second kappa shape index (κ2) is 3.76. The van der Waals surface area contributed by atoms with Gasteiger partial charge in [0, 0.05) is 6.20 Å².